The smallest absolute Gasteiger partial charge is 0.302 e. The zero-order valence-electron chi connectivity index (χ0n) is 57.8. The lowest BCUT2D eigenvalue weighted by Gasteiger charge is -2.66. The zero-order chi connectivity index (χ0) is 68.5. The van der Waals surface area contributed by atoms with Gasteiger partial charge in [0.1, 0.15) is 24.6 Å². The Morgan fingerprint density at radius 2 is 1.89 bits per heavy atom. The van der Waals surface area contributed by atoms with E-state index >= 15 is 0 Å². The van der Waals surface area contributed by atoms with Crippen LogP contribution in [0.4, 0.5) is 0 Å². The van der Waals surface area contributed by atoms with Crippen LogP contribution in [0.1, 0.15) is 167 Å². The van der Waals surface area contributed by atoms with Crippen molar-refractivity contribution in [1.82, 2.24) is 41.1 Å². The number of aromatic amines is 1. The molecule has 2 saturated heterocycles. The highest BCUT2D eigenvalue weighted by Crippen LogP contribution is 2.67. The largest absolute Gasteiger partial charge is 0.504 e. The molecule has 6 fully saturated rings. The maximum atomic E-state index is 14.6. The number of hydrogen-bond donors (Lipinski definition) is 11. The van der Waals surface area contributed by atoms with Crippen molar-refractivity contribution >= 4 is 22.8 Å². The molecular formula is C82H94N10O9. The second-order valence-electron chi connectivity index (χ2n) is 31.8. The molecule has 3 aromatic carbocycles. The SMILES string of the molecule is CCN[C@H]1c2c3cccc2[C@H]2CC[C@@](CC4=CCNC(N)=C4)(CN=C4N[C@H]5n6cc7[nH]ccc7c6CC[C@]56[C@@H](O)N[C@H]5CCCC[C@H]5C#CC[C@]57Cc8ccc(O)c(c8)O[C@H]8C[C@@H](C3)C[C@@]6(N4)[C@H]8C#C[C@@H]5CC[C@H]3[C@@H](OC(C)=O)C[C@@H](c4cc(O)c(O)c(OCCc5cccnc5)c4)O[C@H]37)[C@@H]21. The van der Waals surface area contributed by atoms with E-state index in [1.807, 2.05) is 30.5 Å². The van der Waals surface area contributed by atoms with Gasteiger partial charge in [0.05, 0.1) is 47.0 Å². The van der Waals surface area contributed by atoms with Crippen LogP contribution in [0.15, 0.2) is 120 Å². The first-order chi connectivity index (χ1) is 49.2. The molecule has 5 aliphatic carbocycles. The quantitative estimate of drug-likeness (QED) is 0.0346. The molecule has 4 saturated carbocycles. The Bertz CT molecular complexity index is 4480. The molecule has 101 heavy (non-hydrogen) atoms. The van der Waals surface area contributed by atoms with E-state index in [9.17, 15) is 25.2 Å². The summed E-state index contributed by atoms with van der Waals surface area (Å²) in [6.45, 7) is 5.92. The summed E-state index contributed by atoms with van der Waals surface area (Å²) in [5.41, 5.74) is 13.4. The number of aliphatic hydroxyl groups excluding tert-OH is 1. The number of aliphatic hydroxyl groups is 1. The fraction of sp³-hybridized carbons (Fsp3) is 0.524. The number of aliphatic imine (C=N–C) groups is 1. The summed E-state index contributed by atoms with van der Waals surface area (Å²) in [5, 5.41) is 71.5. The lowest BCUT2D eigenvalue weighted by Crippen LogP contribution is -2.82. The number of carbonyl (C=O) groups excluding carboxylic acids is 1. The number of pyridine rings is 1. The van der Waals surface area contributed by atoms with E-state index in [1.165, 1.54) is 40.9 Å². The first-order valence-electron chi connectivity index (χ1n) is 37.5. The third-order valence-electron chi connectivity index (χ3n) is 26.6. The third-order valence-corrected chi connectivity index (χ3v) is 26.6. The molecular weight excluding hydrogens is 1270 g/mol. The summed E-state index contributed by atoms with van der Waals surface area (Å²) in [5.74, 6) is 16.1. The first-order valence-corrected chi connectivity index (χ1v) is 37.5. The van der Waals surface area contributed by atoms with Gasteiger partial charge in [-0.15, -0.1) is 5.92 Å². The molecule has 0 radical (unpaired) electrons. The standard InChI is InChI=1S/C82H94N10O9/c1-3-85-73-71-52-11-6-13-55(71)56-21-27-79(72(56)73,40-49-23-30-87-70(83)36-49)45-88-78-90-76-81(28-22-62-57-24-31-86-61(57)44-92(62)76)77(97)89-60-14-5-4-10-51(60)12-7-26-80-41-48-15-20-63(94)68(34-48)100-67-35-50(33-52)42-82(81,91-78)59(67)19-17-54(80)16-18-58-66(99-46(2)93)39-65(101-75(58)80)53-37-64(95)74(96)69(38-53)98-32-25-47-9-8-29-84-43-47/h6,8-9,11,13,15,20,23-24,29,31,34,36-38,43-44,50-51,54,56,58-60,65-67,72-73,75-77,85-87,89,94-97H,3-5,10,14,16,18,21-22,25-28,30,32-33,35,39-42,45,83H2,1-2H3,(H2,88,90,91)/t50-,51+,54+,56-,58+,59+,60+,65+,66+,67+,72+,73+,75-,76+,77-,79-,80+,81-,82-/m1/s1. The number of phenols is 3. The van der Waals surface area contributed by atoms with Gasteiger partial charge in [-0.25, -0.2) is 0 Å². The van der Waals surface area contributed by atoms with Crippen LogP contribution in [-0.2, 0) is 40.0 Å². The molecule has 19 nitrogen and oxygen atoms in total. The Labute approximate surface area is 590 Å². The van der Waals surface area contributed by atoms with Crippen molar-refractivity contribution in [3.63, 3.8) is 0 Å². The maximum Gasteiger partial charge on any atom is 0.302 e. The summed E-state index contributed by atoms with van der Waals surface area (Å²) >= 11 is 0. The molecule has 6 aromatic rings. The minimum absolute atomic E-state index is 0.0198. The van der Waals surface area contributed by atoms with Crippen LogP contribution in [-0.4, -0.2) is 109 Å². The third kappa shape index (κ3) is 10.6. The summed E-state index contributed by atoms with van der Waals surface area (Å²) in [7, 11) is 0. The number of ether oxygens (including phenoxy) is 4. The molecule has 12 N–H and O–H groups in total. The van der Waals surface area contributed by atoms with Crippen molar-refractivity contribution in [2.24, 2.45) is 62.5 Å². The second-order valence-corrected chi connectivity index (χ2v) is 31.8. The van der Waals surface area contributed by atoms with Gasteiger partial charge in [-0.05, 0) is 195 Å². The van der Waals surface area contributed by atoms with Gasteiger partial charge in [0, 0.05) is 110 Å². The number of guanidine groups is 1. The average molecular weight is 1360 g/mol. The van der Waals surface area contributed by atoms with Crippen LogP contribution < -0.4 is 41.8 Å². The Balaban J connectivity index is 0.853. The van der Waals surface area contributed by atoms with Crippen molar-refractivity contribution in [2.75, 3.05) is 26.2 Å². The van der Waals surface area contributed by atoms with E-state index in [1.54, 1.807) is 24.5 Å². The number of nitrogens with zero attached hydrogens (tertiary/aromatic N) is 3. The number of dihydropyridines is 1. The van der Waals surface area contributed by atoms with Gasteiger partial charge >= 0.3 is 5.97 Å². The number of nitrogens with one attached hydrogen (secondary N) is 6. The monoisotopic (exact) mass is 1360 g/mol. The van der Waals surface area contributed by atoms with Crippen LogP contribution in [0, 0.1) is 75.4 Å². The van der Waals surface area contributed by atoms with E-state index < -0.39 is 65.1 Å². The van der Waals surface area contributed by atoms with E-state index in [2.05, 4.69) is 114 Å². The molecule has 0 amide bonds. The number of allylic oxidation sites excluding steroid dienone is 2. The number of aromatic nitrogens is 3. The maximum absolute atomic E-state index is 14.6. The minimum atomic E-state index is -1.11. The molecule has 9 bridgehead atoms. The van der Waals surface area contributed by atoms with Gasteiger partial charge in [-0.3, -0.25) is 20.1 Å². The zero-order valence-corrected chi connectivity index (χ0v) is 57.8. The van der Waals surface area contributed by atoms with Crippen LogP contribution in [0.3, 0.4) is 0 Å². The number of carbonyl (C=O) groups is 1. The second kappa shape index (κ2) is 25.1. The molecule has 526 valence electrons. The van der Waals surface area contributed by atoms with Crippen molar-refractivity contribution in [3.8, 4) is 52.4 Å². The van der Waals surface area contributed by atoms with E-state index in [0.29, 0.717) is 99.9 Å². The lowest BCUT2D eigenvalue weighted by atomic mass is 9.49. The molecule has 19 atom stereocenters. The fourth-order valence-corrected chi connectivity index (χ4v) is 22.4. The molecule has 2 spiro atoms. The number of phenolic OH excluding ortho intramolecular Hbond substituents is 3. The Hall–Kier alpha value is -8.59. The van der Waals surface area contributed by atoms with Crippen LogP contribution in [0.25, 0.3) is 10.9 Å². The highest BCUT2D eigenvalue weighted by molar-refractivity contribution is 5.85. The van der Waals surface area contributed by atoms with Crippen LogP contribution in [0.5, 0.6) is 28.7 Å². The van der Waals surface area contributed by atoms with E-state index in [-0.39, 0.29) is 83.1 Å². The summed E-state index contributed by atoms with van der Waals surface area (Å²) < 4.78 is 30.8. The Morgan fingerprint density at radius 1 is 0.980 bits per heavy atom. The highest BCUT2D eigenvalue weighted by atomic mass is 16.6. The summed E-state index contributed by atoms with van der Waals surface area (Å²) in [6.07, 6.45) is 20.5. The topological polar surface area (TPSA) is 267 Å². The molecule has 3 aromatic heterocycles. The number of esters is 1. The van der Waals surface area contributed by atoms with E-state index in [4.69, 9.17) is 29.7 Å². The van der Waals surface area contributed by atoms with Crippen molar-refractivity contribution in [2.45, 2.75) is 190 Å². The van der Waals surface area contributed by atoms with Gasteiger partial charge in [-0.2, -0.15) is 0 Å². The number of rotatable bonds is 10. The minimum Gasteiger partial charge on any atom is -0.504 e. The van der Waals surface area contributed by atoms with Crippen LogP contribution >= 0.6 is 0 Å². The normalized spacial score (nSPS) is 36.0. The molecule has 0 unspecified atom stereocenters. The number of fused-ring (bicyclic) bond motifs is 11. The molecule has 18 rings (SSSR count). The van der Waals surface area contributed by atoms with Gasteiger partial charge in [0.15, 0.2) is 29.0 Å². The highest BCUT2D eigenvalue weighted by Gasteiger charge is 2.71. The van der Waals surface area contributed by atoms with Gasteiger partial charge in [0.2, 0.25) is 5.75 Å². The van der Waals surface area contributed by atoms with Crippen LogP contribution in [0.2, 0.25) is 0 Å². The molecule has 19 heteroatoms. The number of nitrogens with two attached hydrogens (primary N) is 1. The van der Waals surface area contributed by atoms with Gasteiger partial charge < -0.3 is 75.9 Å². The molecule has 10 heterocycles. The van der Waals surface area contributed by atoms with E-state index in [0.717, 1.165) is 79.9 Å². The lowest BCUT2D eigenvalue weighted by molar-refractivity contribution is -0.219. The predicted octanol–water partition coefficient (Wildman–Crippen LogP) is 10.3. The predicted molar refractivity (Wildman–Crippen MR) is 382 cm³/mol. The fourth-order valence-electron chi connectivity index (χ4n) is 22.4. The number of H-pyrrole nitrogens is 1. The van der Waals surface area contributed by atoms with Crippen molar-refractivity contribution in [1.29, 1.82) is 0 Å². The van der Waals surface area contributed by atoms with Gasteiger partial charge in [0.25, 0.3) is 0 Å². The average Bonchev–Trinajstić information content (AvgIpc) is 1.64. The summed E-state index contributed by atoms with van der Waals surface area (Å²) in [4.78, 5) is 27.5. The number of aromatic hydroxyl groups is 3. The van der Waals surface area contributed by atoms with Crippen molar-refractivity contribution in [3.05, 3.63) is 154 Å². The summed E-state index contributed by atoms with van der Waals surface area (Å²) in [6, 6.07) is 22.1. The van der Waals surface area contributed by atoms with Gasteiger partial charge in [-0.1, -0.05) is 73.9 Å². The number of aryl methyl sites for hydroxylation is 1. The molecule has 12 aliphatic rings. The first kappa shape index (κ1) is 64.5. The number of hydrogen-bond acceptors (Lipinski definition) is 17. The van der Waals surface area contributed by atoms with Crippen molar-refractivity contribution < 1.29 is 44.2 Å². The Kier molecular flexibility index (Phi) is 16.1. The number of benzene rings is 3. The molecule has 7 aliphatic heterocycles. The Morgan fingerprint density at radius 3 is 2.76 bits per heavy atom.